The van der Waals surface area contributed by atoms with Gasteiger partial charge in [-0.15, -0.1) is 0 Å². The van der Waals surface area contributed by atoms with E-state index >= 15 is 0 Å². The van der Waals surface area contributed by atoms with Crippen molar-refractivity contribution in [1.29, 1.82) is 0 Å². The van der Waals surface area contributed by atoms with Gasteiger partial charge in [0.1, 0.15) is 31.0 Å². The summed E-state index contributed by atoms with van der Waals surface area (Å²) in [5, 5.41) is 40.0. The molecule has 0 spiro atoms. The van der Waals surface area contributed by atoms with E-state index in [-0.39, 0.29) is 26.1 Å². The van der Waals surface area contributed by atoms with E-state index in [1.807, 2.05) is 0 Å². The lowest BCUT2D eigenvalue weighted by Gasteiger charge is -2.39. The number of aliphatic hydroxyl groups excluding tert-OH is 4. The molecule has 0 radical (unpaired) electrons. The van der Waals surface area contributed by atoms with E-state index in [0.29, 0.717) is 12.8 Å². The fourth-order valence-electron chi connectivity index (χ4n) is 5.80. The van der Waals surface area contributed by atoms with Crippen molar-refractivity contribution < 1.29 is 49.0 Å². The topological polar surface area (TPSA) is 152 Å². The van der Waals surface area contributed by atoms with Gasteiger partial charge in [0.15, 0.2) is 12.4 Å². The number of aliphatic hydroxyl groups is 4. The number of carbonyl (C=O) groups is 2. The van der Waals surface area contributed by atoms with Crippen LogP contribution in [0.4, 0.5) is 0 Å². The minimum absolute atomic E-state index is 0.202. The Labute approximate surface area is 332 Å². The molecule has 6 atom stereocenters. The van der Waals surface area contributed by atoms with E-state index in [0.717, 1.165) is 103 Å². The van der Waals surface area contributed by atoms with Gasteiger partial charge in [-0.1, -0.05) is 125 Å². The molecule has 0 bridgehead atoms. The predicted molar refractivity (Wildman–Crippen MR) is 219 cm³/mol. The lowest BCUT2D eigenvalue weighted by atomic mass is 9.99. The van der Waals surface area contributed by atoms with Crippen LogP contribution in [0.2, 0.25) is 0 Å². The van der Waals surface area contributed by atoms with Gasteiger partial charge in [0.2, 0.25) is 0 Å². The summed E-state index contributed by atoms with van der Waals surface area (Å²) in [7, 11) is 0. The minimum atomic E-state index is -1.60. The van der Waals surface area contributed by atoms with Crippen LogP contribution in [0.1, 0.15) is 142 Å². The molecule has 0 aromatic heterocycles. The van der Waals surface area contributed by atoms with Crippen molar-refractivity contribution in [1.82, 2.24) is 0 Å². The zero-order chi connectivity index (χ0) is 40.2. The highest BCUT2D eigenvalue weighted by Gasteiger charge is 2.44. The zero-order valence-corrected chi connectivity index (χ0v) is 33.9. The van der Waals surface area contributed by atoms with E-state index in [1.54, 1.807) is 0 Å². The van der Waals surface area contributed by atoms with Gasteiger partial charge in [-0.2, -0.15) is 0 Å². The summed E-state index contributed by atoms with van der Waals surface area (Å²) in [6, 6.07) is 0. The summed E-state index contributed by atoms with van der Waals surface area (Å²) < 4.78 is 22.1. The second-order valence-electron chi connectivity index (χ2n) is 14.0. The Morgan fingerprint density at radius 2 is 1.02 bits per heavy atom. The SMILES string of the molecule is CC/C=C\C/C=C/C/C=C/CCCCCCCC(=O)OC[C@H](CO[C@@H]1O[C@H](CO)[C@H](O)[C@H](O)[C@H]1O)OC(=O)CCCCCCC/C=C\C/C=C/C/C=C/CC. The van der Waals surface area contributed by atoms with Gasteiger partial charge in [-0.3, -0.25) is 9.59 Å². The van der Waals surface area contributed by atoms with Gasteiger partial charge >= 0.3 is 11.9 Å². The molecule has 1 heterocycles. The van der Waals surface area contributed by atoms with Crippen LogP contribution < -0.4 is 0 Å². The van der Waals surface area contributed by atoms with Crippen LogP contribution in [0.3, 0.4) is 0 Å². The number of hydrogen-bond donors (Lipinski definition) is 4. The molecule has 1 aliphatic rings. The van der Waals surface area contributed by atoms with Crippen molar-refractivity contribution in [3.05, 3.63) is 72.9 Å². The van der Waals surface area contributed by atoms with Crippen LogP contribution >= 0.6 is 0 Å². The molecule has 10 nitrogen and oxygen atoms in total. The van der Waals surface area contributed by atoms with Gasteiger partial charge in [0.25, 0.3) is 0 Å². The first-order chi connectivity index (χ1) is 26.8. The van der Waals surface area contributed by atoms with Crippen LogP contribution in [0, 0.1) is 0 Å². The van der Waals surface area contributed by atoms with Crippen molar-refractivity contribution in [3.8, 4) is 0 Å². The lowest BCUT2D eigenvalue weighted by Crippen LogP contribution is -2.59. The first kappa shape index (κ1) is 50.2. The summed E-state index contributed by atoms with van der Waals surface area (Å²) in [4.78, 5) is 25.3. The fourth-order valence-corrected chi connectivity index (χ4v) is 5.80. The third-order valence-corrected chi connectivity index (χ3v) is 9.09. The predicted octanol–water partition coefficient (Wildman–Crippen LogP) is 8.44. The van der Waals surface area contributed by atoms with Crippen molar-refractivity contribution in [3.63, 3.8) is 0 Å². The molecule has 0 amide bonds. The van der Waals surface area contributed by atoms with Crippen molar-refractivity contribution in [2.24, 2.45) is 0 Å². The molecule has 55 heavy (non-hydrogen) atoms. The third kappa shape index (κ3) is 27.4. The highest BCUT2D eigenvalue weighted by Crippen LogP contribution is 2.22. The van der Waals surface area contributed by atoms with Gasteiger partial charge in [-0.25, -0.2) is 0 Å². The molecule has 0 aliphatic carbocycles. The normalized spacial score (nSPS) is 21.3. The molecule has 314 valence electrons. The summed E-state index contributed by atoms with van der Waals surface area (Å²) in [5.41, 5.74) is 0. The number of unbranched alkanes of at least 4 members (excludes halogenated alkanes) is 10. The summed E-state index contributed by atoms with van der Waals surface area (Å²) in [6.07, 6.45) is 36.2. The molecule has 10 heteroatoms. The highest BCUT2D eigenvalue weighted by molar-refractivity contribution is 5.70. The van der Waals surface area contributed by atoms with Crippen LogP contribution in [0.5, 0.6) is 0 Å². The van der Waals surface area contributed by atoms with Crippen LogP contribution in [0.25, 0.3) is 0 Å². The Bertz CT molecular complexity index is 1120. The smallest absolute Gasteiger partial charge is 0.306 e. The Morgan fingerprint density at radius 3 is 1.53 bits per heavy atom. The molecule has 0 unspecified atom stereocenters. The fraction of sp³-hybridized carbons (Fsp3) is 0.689. The lowest BCUT2D eigenvalue weighted by molar-refractivity contribution is -0.305. The third-order valence-electron chi connectivity index (χ3n) is 9.09. The molecule has 1 fully saturated rings. The molecule has 0 aromatic rings. The first-order valence-electron chi connectivity index (χ1n) is 21.0. The van der Waals surface area contributed by atoms with Gasteiger partial charge < -0.3 is 39.4 Å². The molecular formula is C45H74O10. The van der Waals surface area contributed by atoms with E-state index < -0.39 is 55.4 Å². The number of allylic oxidation sites excluding steroid dienone is 12. The molecular weight excluding hydrogens is 700 g/mol. The zero-order valence-electron chi connectivity index (χ0n) is 33.9. The average Bonchev–Trinajstić information content (AvgIpc) is 3.18. The summed E-state index contributed by atoms with van der Waals surface area (Å²) in [5.74, 6) is -0.855. The number of ether oxygens (including phenoxy) is 4. The molecule has 1 rings (SSSR count). The summed E-state index contributed by atoms with van der Waals surface area (Å²) >= 11 is 0. The van der Waals surface area contributed by atoms with E-state index in [2.05, 4.69) is 86.8 Å². The Hall–Kier alpha value is -2.86. The van der Waals surface area contributed by atoms with Crippen molar-refractivity contribution >= 4 is 11.9 Å². The molecule has 0 aromatic carbocycles. The van der Waals surface area contributed by atoms with Gasteiger partial charge in [0.05, 0.1) is 13.2 Å². The Kier molecular flexibility index (Phi) is 32.4. The maximum absolute atomic E-state index is 12.7. The molecule has 1 saturated heterocycles. The quantitative estimate of drug-likeness (QED) is 0.0291. The largest absolute Gasteiger partial charge is 0.462 e. The minimum Gasteiger partial charge on any atom is -0.462 e. The van der Waals surface area contributed by atoms with E-state index in [9.17, 15) is 30.0 Å². The van der Waals surface area contributed by atoms with E-state index in [1.165, 1.54) is 0 Å². The van der Waals surface area contributed by atoms with Crippen molar-refractivity contribution in [2.45, 2.75) is 179 Å². The van der Waals surface area contributed by atoms with Crippen molar-refractivity contribution in [2.75, 3.05) is 19.8 Å². The number of hydrogen-bond acceptors (Lipinski definition) is 10. The maximum Gasteiger partial charge on any atom is 0.306 e. The summed E-state index contributed by atoms with van der Waals surface area (Å²) in [6.45, 7) is 3.14. The van der Waals surface area contributed by atoms with Crippen LogP contribution in [0.15, 0.2) is 72.9 Å². The second-order valence-corrected chi connectivity index (χ2v) is 14.0. The molecule has 4 N–H and O–H groups in total. The Morgan fingerprint density at radius 1 is 0.564 bits per heavy atom. The Balaban J connectivity index is 2.39. The molecule has 1 aliphatic heterocycles. The number of rotatable bonds is 33. The second kappa shape index (κ2) is 35.5. The van der Waals surface area contributed by atoms with Crippen LogP contribution in [-0.2, 0) is 28.5 Å². The maximum atomic E-state index is 12.7. The monoisotopic (exact) mass is 775 g/mol. The average molecular weight is 775 g/mol. The standard InChI is InChI=1S/C45H74O10/c1-3-5-7-9-11-13-15-17-19-21-23-25-27-29-31-33-40(47)52-36-38(37-53-45-44(51)43(50)42(49)39(35-46)55-45)54-41(48)34-32-30-28-26-24-22-20-18-16-14-12-10-8-6-4-2/h5-8,11-14,17-20,38-39,42-46,49-51H,3-4,9-10,15-16,21-37H2,1-2H3/b7-5-,8-6+,13-11+,14-12+,19-17+,20-18-/t38-,39-,42+,43+,44-,45-/m1/s1. The van der Waals surface area contributed by atoms with Crippen LogP contribution in [-0.4, -0.2) is 89.0 Å². The van der Waals surface area contributed by atoms with Gasteiger partial charge in [-0.05, 0) is 77.0 Å². The highest BCUT2D eigenvalue weighted by atomic mass is 16.7. The number of carbonyl (C=O) groups excluding carboxylic acids is 2. The van der Waals surface area contributed by atoms with Gasteiger partial charge in [0, 0.05) is 12.8 Å². The van der Waals surface area contributed by atoms with E-state index in [4.69, 9.17) is 18.9 Å². The molecule has 0 saturated carbocycles. The number of esters is 2. The first-order valence-corrected chi connectivity index (χ1v) is 21.0.